The Morgan fingerprint density at radius 2 is 1.95 bits per heavy atom. The van der Waals surface area contributed by atoms with Crippen LogP contribution in [0.2, 0.25) is 5.02 Å². The normalized spacial score (nSPS) is 10.7. The van der Waals surface area contributed by atoms with Crippen LogP contribution in [0.5, 0.6) is 5.75 Å². The maximum absolute atomic E-state index is 13.1. The summed E-state index contributed by atoms with van der Waals surface area (Å²) >= 11 is 7.44. The van der Waals surface area contributed by atoms with Gasteiger partial charge in [0.1, 0.15) is 16.4 Å². The van der Waals surface area contributed by atoms with Gasteiger partial charge in [-0.3, -0.25) is 0 Å². The molecule has 3 rings (SSSR count). The van der Waals surface area contributed by atoms with Crippen LogP contribution in [0, 0.1) is 5.82 Å². The van der Waals surface area contributed by atoms with Gasteiger partial charge in [0, 0.05) is 16.2 Å². The van der Waals surface area contributed by atoms with Gasteiger partial charge in [-0.1, -0.05) is 35.9 Å². The minimum Gasteiger partial charge on any atom is -0.422 e. The van der Waals surface area contributed by atoms with E-state index >= 15 is 0 Å². The first kappa shape index (κ1) is 13.1. The Bertz CT molecular complexity index is 797. The highest BCUT2D eigenvalue weighted by atomic mass is 35.5. The first-order valence-electron chi connectivity index (χ1n) is 5.80. The summed E-state index contributed by atoms with van der Waals surface area (Å²) in [5, 5.41) is 1.18. The van der Waals surface area contributed by atoms with Crippen molar-refractivity contribution in [3.05, 3.63) is 64.2 Å². The molecule has 0 saturated carbocycles. The summed E-state index contributed by atoms with van der Waals surface area (Å²) in [5.41, 5.74) is 0. The molecule has 1 heterocycles. The van der Waals surface area contributed by atoms with Gasteiger partial charge in [0.05, 0.1) is 5.02 Å². The third-order valence-electron chi connectivity index (χ3n) is 2.73. The monoisotopic (exact) mass is 306 g/mol. The number of thiophene rings is 1. The highest BCUT2D eigenvalue weighted by Gasteiger charge is 2.18. The van der Waals surface area contributed by atoms with Crippen LogP contribution in [0.1, 0.15) is 9.67 Å². The second kappa shape index (κ2) is 5.23. The van der Waals surface area contributed by atoms with Crippen molar-refractivity contribution in [1.29, 1.82) is 0 Å². The van der Waals surface area contributed by atoms with Crippen LogP contribution < -0.4 is 4.74 Å². The molecule has 0 saturated heterocycles. The van der Waals surface area contributed by atoms with Crippen LogP contribution in [-0.2, 0) is 0 Å². The van der Waals surface area contributed by atoms with Crippen LogP contribution in [0.25, 0.3) is 10.1 Å². The Morgan fingerprint density at radius 1 is 1.15 bits per heavy atom. The van der Waals surface area contributed by atoms with Crippen LogP contribution in [0.15, 0.2) is 48.5 Å². The van der Waals surface area contributed by atoms with Crippen LogP contribution in [0.4, 0.5) is 4.39 Å². The van der Waals surface area contributed by atoms with Crippen molar-refractivity contribution in [3.63, 3.8) is 0 Å². The average molecular weight is 307 g/mol. The topological polar surface area (TPSA) is 26.3 Å². The molecule has 0 radical (unpaired) electrons. The van der Waals surface area contributed by atoms with Crippen molar-refractivity contribution in [2.45, 2.75) is 0 Å². The third-order valence-corrected chi connectivity index (χ3v) is 4.38. The van der Waals surface area contributed by atoms with E-state index in [-0.39, 0.29) is 5.75 Å². The quantitative estimate of drug-likeness (QED) is 0.496. The first-order chi connectivity index (χ1) is 9.65. The van der Waals surface area contributed by atoms with Crippen LogP contribution in [-0.4, -0.2) is 5.97 Å². The number of esters is 1. The van der Waals surface area contributed by atoms with Gasteiger partial charge in [-0.25, -0.2) is 9.18 Å². The standard InChI is InChI=1S/C15H8ClFO2S/c16-13-11-6-1-2-7-12(11)20-14(13)15(18)19-10-5-3-4-9(17)8-10/h1-8H. The second-order valence-electron chi connectivity index (χ2n) is 4.09. The van der Waals surface area contributed by atoms with E-state index in [1.807, 2.05) is 24.3 Å². The lowest BCUT2D eigenvalue weighted by atomic mass is 10.2. The largest absolute Gasteiger partial charge is 0.422 e. The van der Waals surface area contributed by atoms with Crippen molar-refractivity contribution in [3.8, 4) is 5.75 Å². The summed E-state index contributed by atoms with van der Waals surface area (Å²) < 4.78 is 19.1. The fourth-order valence-corrected chi connectivity index (χ4v) is 3.21. The molecule has 1 aromatic heterocycles. The maximum Gasteiger partial charge on any atom is 0.355 e. The Labute approximate surface area is 123 Å². The Morgan fingerprint density at radius 3 is 2.70 bits per heavy atom. The minimum atomic E-state index is -0.582. The summed E-state index contributed by atoms with van der Waals surface area (Å²) in [6.45, 7) is 0. The predicted molar refractivity (Wildman–Crippen MR) is 78.2 cm³/mol. The van der Waals surface area contributed by atoms with Crippen molar-refractivity contribution in [1.82, 2.24) is 0 Å². The summed E-state index contributed by atoms with van der Waals surface area (Å²) in [6, 6.07) is 12.9. The van der Waals surface area contributed by atoms with E-state index in [4.69, 9.17) is 16.3 Å². The van der Waals surface area contributed by atoms with Crippen LogP contribution in [0.3, 0.4) is 0 Å². The number of carbonyl (C=O) groups is 1. The molecule has 0 atom stereocenters. The zero-order chi connectivity index (χ0) is 14.1. The van der Waals surface area contributed by atoms with E-state index < -0.39 is 11.8 Å². The molecule has 0 aliphatic rings. The summed E-state index contributed by atoms with van der Waals surface area (Å²) in [5.74, 6) is -0.886. The van der Waals surface area contributed by atoms with Gasteiger partial charge in [0.25, 0.3) is 0 Å². The smallest absolute Gasteiger partial charge is 0.355 e. The maximum atomic E-state index is 13.1. The molecule has 0 spiro atoms. The lowest BCUT2D eigenvalue weighted by Crippen LogP contribution is -2.07. The predicted octanol–water partition coefficient (Wildman–Crippen LogP) is 4.91. The molecule has 3 aromatic rings. The fourth-order valence-electron chi connectivity index (χ4n) is 1.83. The first-order valence-corrected chi connectivity index (χ1v) is 6.99. The van der Waals surface area contributed by atoms with Gasteiger partial charge in [-0.15, -0.1) is 11.3 Å². The minimum absolute atomic E-state index is 0.156. The Hall–Kier alpha value is -1.91. The van der Waals surface area contributed by atoms with Gasteiger partial charge < -0.3 is 4.74 Å². The van der Waals surface area contributed by atoms with Gasteiger partial charge >= 0.3 is 5.97 Å². The molecule has 0 bridgehead atoms. The highest BCUT2D eigenvalue weighted by Crippen LogP contribution is 2.35. The molecule has 100 valence electrons. The number of benzene rings is 2. The average Bonchev–Trinajstić information content (AvgIpc) is 2.77. The third kappa shape index (κ3) is 2.40. The van der Waals surface area contributed by atoms with Crippen molar-refractivity contribution in [2.75, 3.05) is 0 Å². The summed E-state index contributed by atoms with van der Waals surface area (Å²) in [4.78, 5) is 12.4. The van der Waals surface area contributed by atoms with E-state index in [9.17, 15) is 9.18 Å². The molecule has 0 amide bonds. The molecule has 0 unspecified atom stereocenters. The van der Waals surface area contributed by atoms with Gasteiger partial charge in [0.15, 0.2) is 0 Å². The summed E-state index contributed by atoms with van der Waals surface area (Å²) in [7, 11) is 0. The molecule has 0 N–H and O–H groups in total. The van der Waals surface area contributed by atoms with E-state index in [0.29, 0.717) is 9.90 Å². The Balaban J connectivity index is 1.95. The summed E-state index contributed by atoms with van der Waals surface area (Å²) in [6.07, 6.45) is 0. The van der Waals surface area contributed by atoms with Gasteiger partial charge in [-0.05, 0) is 18.2 Å². The Kier molecular flexibility index (Phi) is 3.42. The number of hydrogen-bond donors (Lipinski definition) is 0. The number of hydrogen-bond acceptors (Lipinski definition) is 3. The molecular formula is C15H8ClFO2S. The number of ether oxygens (including phenoxy) is 1. The number of rotatable bonds is 2. The molecule has 5 heteroatoms. The second-order valence-corrected chi connectivity index (χ2v) is 5.52. The van der Waals surface area contributed by atoms with E-state index in [0.717, 1.165) is 16.2 Å². The molecule has 2 aromatic carbocycles. The van der Waals surface area contributed by atoms with Crippen molar-refractivity contribution in [2.24, 2.45) is 0 Å². The fraction of sp³-hybridized carbons (Fsp3) is 0. The molecule has 2 nitrogen and oxygen atoms in total. The SMILES string of the molecule is O=C(Oc1cccc(F)c1)c1sc2ccccc2c1Cl. The number of carbonyl (C=O) groups excluding carboxylic acids is 1. The van der Waals surface area contributed by atoms with Crippen LogP contribution >= 0.6 is 22.9 Å². The molecule has 0 aliphatic carbocycles. The highest BCUT2D eigenvalue weighted by molar-refractivity contribution is 7.21. The molecular weight excluding hydrogens is 299 g/mol. The lowest BCUT2D eigenvalue weighted by molar-refractivity contribution is 0.0739. The van der Waals surface area contributed by atoms with Crippen molar-refractivity contribution < 1.29 is 13.9 Å². The lowest BCUT2D eigenvalue weighted by Gasteiger charge is -2.02. The van der Waals surface area contributed by atoms with Gasteiger partial charge in [-0.2, -0.15) is 0 Å². The number of fused-ring (bicyclic) bond motifs is 1. The zero-order valence-corrected chi connectivity index (χ0v) is 11.7. The number of halogens is 2. The molecule has 0 fully saturated rings. The van der Waals surface area contributed by atoms with E-state index in [1.54, 1.807) is 0 Å². The molecule has 0 aliphatic heterocycles. The van der Waals surface area contributed by atoms with Gasteiger partial charge in [0.2, 0.25) is 0 Å². The van der Waals surface area contributed by atoms with Crippen molar-refractivity contribution >= 4 is 39.0 Å². The molecule has 20 heavy (non-hydrogen) atoms. The van der Waals surface area contributed by atoms with E-state index in [1.165, 1.54) is 29.5 Å². The zero-order valence-electron chi connectivity index (χ0n) is 10.1. The van der Waals surface area contributed by atoms with E-state index in [2.05, 4.69) is 0 Å².